The first-order valence-corrected chi connectivity index (χ1v) is 7.19. The summed E-state index contributed by atoms with van der Waals surface area (Å²) >= 11 is 8.58. The largest absolute Gasteiger partial charge is 0.389 e. The van der Waals surface area contributed by atoms with Gasteiger partial charge in [-0.25, -0.2) is 0 Å². The molecule has 0 saturated carbocycles. The molecule has 1 fully saturated rings. The summed E-state index contributed by atoms with van der Waals surface area (Å²) in [5.41, 5.74) is 7.69. The molecule has 0 unspecified atom stereocenters. The Morgan fingerprint density at radius 3 is 2.67 bits per heavy atom. The zero-order valence-corrected chi connectivity index (χ0v) is 12.8. The van der Waals surface area contributed by atoms with Gasteiger partial charge in [-0.3, -0.25) is 0 Å². The van der Waals surface area contributed by atoms with Crippen LogP contribution in [-0.4, -0.2) is 31.3 Å². The normalized spacial score (nSPS) is 16.6. The number of benzene rings is 1. The standard InChI is InChI=1S/C13H17BrN2OS/c1-16(10-4-6-17-7-5-10)12-3-2-9(13(15)18)8-11(12)14/h2-3,8,10H,4-7H2,1H3,(H2,15,18). The van der Waals surface area contributed by atoms with Crippen LogP contribution >= 0.6 is 28.1 Å². The maximum absolute atomic E-state index is 5.63. The lowest BCUT2D eigenvalue weighted by Crippen LogP contribution is -2.36. The van der Waals surface area contributed by atoms with Crippen LogP contribution in [0, 0.1) is 0 Å². The second-order valence-corrected chi connectivity index (χ2v) is 5.78. The van der Waals surface area contributed by atoms with Crippen molar-refractivity contribution in [3.8, 4) is 0 Å². The van der Waals surface area contributed by atoms with Crippen LogP contribution in [0.2, 0.25) is 0 Å². The van der Waals surface area contributed by atoms with Crippen LogP contribution in [0.15, 0.2) is 22.7 Å². The van der Waals surface area contributed by atoms with Gasteiger partial charge in [0.2, 0.25) is 0 Å². The summed E-state index contributed by atoms with van der Waals surface area (Å²) in [6, 6.07) is 6.55. The molecule has 1 heterocycles. The van der Waals surface area contributed by atoms with E-state index in [1.165, 1.54) is 5.69 Å². The van der Waals surface area contributed by atoms with Gasteiger partial charge >= 0.3 is 0 Å². The summed E-state index contributed by atoms with van der Waals surface area (Å²) < 4.78 is 6.42. The van der Waals surface area contributed by atoms with E-state index in [-0.39, 0.29) is 0 Å². The smallest absolute Gasteiger partial charge is 0.104 e. The number of halogens is 1. The molecule has 0 bridgehead atoms. The third-order valence-electron chi connectivity index (χ3n) is 3.35. The van der Waals surface area contributed by atoms with Crippen LogP contribution in [0.1, 0.15) is 18.4 Å². The highest BCUT2D eigenvalue weighted by Crippen LogP contribution is 2.30. The fourth-order valence-corrected chi connectivity index (χ4v) is 3.00. The van der Waals surface area contributed by atoms with Gasteiger partial charge < -0.3 is 15.4 Å². The Bertz CT molecular complexity index is 447. The zero-order valence-electron chi connectivity index (χ0n) is 10.4. The number of hydrogen-bond donors (Lipinski definition) is 1. The molecule has 5 heteroatoms. The average Bonchev–Trinajstić information content (AvgIpc) is 2.38. The molecular weight excluding hydrogens is 312 g/mol. The number of thiocarbonyl (C=S) groups is 1. The predicted molar refractivity (Wildman–Crippen MR) is 82.3 cm³/mol. The Morgan fingerprint density at radius 1 is 1.44 bits per heavy atom. The molecule has 1 aliphatic heterocycles. The van der Waals surface area contributed by atoms with Gasteiger partial charge in [0.15, 0.2) is 0 Å². The molecule has 0 spiro atoms. The van der Waals surface area contributed by atoms with Crippen molar-refractivity contribution in [1.29, 1.82) is 0 Å². The van der Waals surface area contributed by atoms with Crippen molar-refractivity contribution in [2.75, 3.05) is 25.2 Å². The topological polar surface area (TPSA) is 38.5 Å². The van der Waals surface area contributed by atoms with E-state index >= 15 is 0 Å². The number of anilines is 1. The summed E-state index contributed by atoms with van der Waals surface area (Å²) in [6.07, 6.45) is 2.14. The monoisotopic (exact) mass is 328 g/mol. The molecule has 18 heavy (non-hydrogen) atoms. The fourth-order valence-electron chi connectivity index (χ4n) is 2.22. The second kappa shape index (κ2) is 5.99. The van der Waals surface area contributed by atoms with Crippen molar-refractivity contribution in [3.63, 3.8) is 0 Å². The van der Waals surface area contributed by atoms with Crippen LogP contribution < -0.4 is 10.6 Å². The highest BCUT2D eigenvalue weighted by molar-refractivity contribution is 9.10. The number of nitrogens with zero attached hydrogens (tertiary/aromatic N) is 1. The van der Waals surface area contributed by atoms with Crippen LogP contribution in [0.4, 0.5) is 5.69 Å². The van der Waals surface area contributed by atoms with Crippen molar-refractivity contribution >= 4 is 38.8 Å². The van der Waals surface area contributed by atoms with Crippen molar-refractivity contribution in [1.82, 2.24) is 0 Å². The van der Waals surface area contributed by atoms with Gasteiger partial charge in [-0.2, -0.15) is 0 Å². The minimum absolute atomic E-state index is 0.427. The third-order valence-corrected chi connectivity index (χ3v) is 4.22. The van der Waals surface area contributed by atoms with Gasteiger partial charge in [0.1, 0.15) is 4.99 Å². The molecule has 0 aliphatic carbocycles. The van der Waals surface area contributed by atoms with E-state index in [0.29, 0.717) is 11.0 Å². The first kappa shape index (κ1) is 13.8. The van der Waals surface area contributed by atoms with E-state index in [9.17, 15) is 0 Å². The van der Waals surface area contributed by atoms with Gasteiger partial charge in [0.25, 0.3) is 0 Å². The molecule has 0 atom stereocenters. The van der Waals surface area contributed by atoms with Gasteiger partial charge in [0, 0.05) is 36.3 Å². The minimum atomic E-state index is 0.427. The molecule has 1 saturated heterocycles. The predicted octanol–water partition coefficient (Wildman–Crippen LogP) is 2.70. The minimum Gasteiger partial charge on any atom is -0.389 e. The molecule has 0 aromatic heterocycles. The lowest BCUT2D eigenvalue weighted by molar-refractivity contribution is 0.0854. The average molecular weight is 329 g/mol. The third kappa shape index (κ3) is 3.02. The van der Waals surface area contributed by atoms with E-state index in [0.717, 1.165) is 36.1 Å². The van der Waals surface area contributed by atoms with Gasteiger partial charge in [-0.15, -0.1) is 0 Å². The van der Waals surface area contributed by atoms with Crippen LogP contribution in [0.25, 0.3) is 0 Å². The van der Waals surface area contributed by atoms with Crippen LogP contribution in [0.3, 0.4) is 0 Å². The molecule has 1 aromatic carbocycles. The quantitative estimate of drug-likeness (QED) is 0.866. The fraction of sp³-hybridized carbons (Fsp3) is 0.462. The summed E-state index contributed by atoms with van der Waals surface area (Å²) in [6.45, 7) is 1.69. The molecule has 2 N–H and O–H groups in total. The molecule has 3 nitrogen and oxygen atoms in total. The van der Waals surface area contributed by atoms with Gasteiger partial charge in [-0.05, 0) is 47.0 Å². The molecular formula is C13H17BrN2OS. The summed E-state index contributed by atoms with van der Waals surface area (Å²) in [4.78, 5) is 2.73. The SMILES string of the molecule is CN(c1ccc(C(N)=S)cc1Br)C1CCOCC1. The lowest BCUT2D eigenvalue weighted by atomic mass is 10.1. The zero-order chi connectivity index (χ0) is 13.1. The lowest BCUT2D eigenvalue weighted by Gasteiger charge is -2.33. The van der Waals surface area contributed by atoms with Crippen LogP contribution in [0.5, 0.6) is 0 Å². The molecule has 2 rings (SSSR count). The highest BCUT2D eigenvalue weighted by atomic mass is 79.9. The van der Waals surface area contributed by atoms with Gasteiger partial charge in [-0.1, -0.05) is 12.2 Å². The van der Waals surface area contributed by atoms with E-state index in [1.807, 2.05) is 12.1 Å². The summed E-state index contributed by atoms with van der Waals surface area (Å²) in [7, 11) is 2.12. The highest BCUT2D eigenvalue weighted by Gasteiger charge is 2.20. The summed E-state index contributed by atoms with van der Waals surface area (Å²) in [5, 5.41) is 0. The Kier molecular flexibility index (Phi) is 4.59. The van der Waals surface area contributed by atoms with E-state index in [2.05, 4.69) is 33.9 Å². The van der Waals surface area contributed by atoms with Crippen molar-refractivity contribution in [3.05, 3.63) is 28.2 Å². The van der Waals surface area contributed by atoms with Crippen molar-refractivity contribution < 1.29 is 4.74 Å². The maximum atomic E-state index is 5.63. The number of hydrogen-bond acceptors (Lipinski definition) is 3. The number of rotatable bonds is 3. The van der Waals surface area contributed by atoms with Crippen LogP contribution in [-0.2, 0) is 4.74 Å². The first-order chi connectivity index (χ1) is 8.59. The first-order valence-electron chi connectivity index (χ1n) is 5.99. The molecule has 0 amide bonds. The molecule has 0 radical (unpaired) electrons. The van der Waals surface area contributed by atoms with E-state index in [1.54, 1.807) is 0 Å². The Hall–Kier alpha value is -0.650. The van der Waals surface area contributed by atoms with Crippen molar-refractivity contribution in [2.24, 2.45) is 5.73 Å². The molecule has 98 valence electrons. The molecule has 1 aliphatic rings. The Balaban J connectivity index is 2.19. The number of ether oxygens (including phenoxy) is 1. The summed E-state index contributed by atoms with van der Waals surface area (Å²) in [5.74, 6) is 0. The maximum Gasteiger partial charge on any atom is 0.104 e. The van der Waals surface area contributed by atoms with E-state index < -0.39 is 0 Å². The Morgan fingerprint density at radius 2 is 2.11 bits per heavy atom. The molecule has 1 aromatic rings. The Labute approximate surface area is 121 Å². The van der Waals surface area contributed by atoms with E-state index in [4.69, 9.17) is 22.7 Å². The number of nitrogens with two attached hydrogens (primary N) is 1. The van der Waals surface area contributed by atoms with Gasteiger partial charge in [0.05, 0.1) is 5.69 Å². The second-order valence-electron chi connectivity index (χ2n) is 4.48. The van der Waals surface area contributed by atoms with Crippen molar-refractivity contribution in [2.45, 2.75) is 18.9 Å².